The number of carbonyl (C=O) groups excluding carboxylic acids is 1. The van der Waals surface area contributed by atoms with E-state index in [0.717, 1.165) is 18.5 Å². The Balaban J connectivity index is 2.25. The van der Waals surface area contributed by atoms with Gasteiger partial charge in [0.15, 0.2) is 6.04 Å². The molecule has 2 N–H and O–H groups in total. The molecule has 1 aromatic heterocycles. The molecule has 1 amide bonds. The molecule has 134 valence electrons. The molecule has 1 aromatic carbocycles. The average Bonchev–Trinajstić information content (AvgIpc) is 2.96. The maximum atomic E-state index is 12.6. The first-order valence-electron chi connectivity index (χ1n) is 8.22. The largest absolute Gasteiger partial charge is 0.479 e. The molecule has 2 rings (SSSR count). The zero-order chi connectivity index (χ0) is 18.6. The van der Waals surface area contributed by atoms with E-state index in [1.54, 1.807) is 24.3 Å². The molecule has 1 atom stereocenters. The van der Waals surface area contributed by atoms with Gasteiger partial charge in [0, 0.05) is 10.7 Å². The van der Waals surface area contributed by atoms with Gasteiger partial charge in [-0.15, -0.1) is 0 Å². The third kappa shape index (κ3) is 4.20. The van der Waals surface area contributed by atoms with Crippen molar-refractivity contribution >= 4 is 23.5 Å². The molecule has 0 saturated carbocycles. The van der Waals surface area contributed by atoms with E-state index >= 15 is 0 Å². The summed E-state index contributed by atoms with van der Waals surface area (Å²) in [5, 5.41) is 16.8. The molecule has 0 aliphatic heterocycles. The summed E-state index contributed by atoms with van der Waals surface area (Å²) in [5.41, 5.74) is 1.56. The van der Waals surface area contributed by atoms with Gasteiger partial charge in [0.1, 0.15) is 0 Å². The van der Waals surface area contributed by atoms with Crippen molar-refractivity contribution in [3.8, 4) is 0 Å². The molecule has 0 aliphatic carbocycles. The monoisotopic (exact) mass is 363 g/mol. The van der Waals surface area contributed by atoms with Gasteiger partial charge in [-0.1, -0.05) is 37.6 Å². The summed E-state index contributed by atoms with van der Waals surface area (Å²) in [7, 11) is 0. The van der Waals surface area contributed by atoms with Gasteiger partial charge in [0.2, 0.25) is 0 Å². The van der Waals surface area contributed by atoms with E-state index in [2.05, 4.69) is 24.3 Å². The molecule has 25 heavy (non-hydrogen) atoms. The van der Waals surface area contributed by atoms with E-state index in [1.807, 2.05) is 11.6 Å². The Morgan fingerprint density at radius 1 is 1.24 bits per heavy atom. The molecule has 7 heteroatoms. The second-order valence-corrected chi connectivity index (χ2v) is 6.29. The van der Waals surface area contributed by atoms with Gasteiger partial charge in [-0.2, -0.15) is 5.10 Å². The molecule has 0 fully saturated rings. The highest BCUT2D eigenvalue weighted by atomic mass is 35.5. The summed E-state index contributed by atoms with van der Waals surface area (Å²) >= 11 is 5.83. The maximum Gasteiger partial charge on any atom is 0.330 e. The molecule has 0 spiro atoms. The highest BCUT2D eigenvalue weighted by Gasteiger charge is 2.25. The summed E-state index contributed by atoms with van der Waals surface area (Å²) in [6.07, 6.45) is 3.30. The predicted octanol–water partition coefficient (Wildman–Crippen LogP) is 3.76. The van der Waals surface area contributed by atoms with E-state index in [4.69, 9.17) is 11.6 Å². The van der Waals surface area contributed by atoms with Crippen molar-refractivity contribution in [2.24, 2.45) is 0 Å². The number of carbonyl (C=O) groups is 2. The minimum absolute atomic E-state index is 0.216. The van der Waals surface area contributed by atoms with Gasteiger partial charge in [-0.25, -0.2) is 4.79 Å². The number of aromatic nitrogens is 2. The van der Waals surface area contributed by atoms with Crippen LogP contribution in [0.3, 0.4) is 0 Å². The topological polar surface area (TPSA) is 84.2 Å². The molecule has 1 unspecified atom stereocenters. The molecule has 0 aliphatic rings. The number of hydrogen-bond donors (Lipinski definition) is 2. The second kappa shape index (κ2) is 8.16. The average molecular weight is 364 g/mol. The number of rotatable bonds is 7. The molecule has 6 nitrogen and oxygen atoms in total. The Kier molecular flexibility index (Phi) is 6.20. The number of halogens is 1. The first-order valence-corrected chi connectivity index (χ1v) is 8.60. The van der Waals surface area contributed by atoms with E-state index in [9.17, 15) is 14.7 Å². The molecule has 0 saturated heterocycles. The molecule has 2 aromatic rings. The van der Waals surface area contributed by atoms with Gasteiger partial charge in [-0.3, -0.25) is 9.48 Å². The first-order chi connectivity index (χ1) is 11.9. The lowest BCUT2D eigenvalue weighted by Gasteiger charge is -2.17. The first kappa shape index (κ1) is 19.0. The van der Waals surface area contributed by atoms with Crippen LogP contribution in [0.1, 0.15) is 60.4 Å². The summed E-state index contributed by atoms with van der Waals surface area (Å²) in [4.78, 5) is 24.2. The van der Waals surface area contributed by atoms with Crippen molar-refractivity contribution in [3.05, 3.63) is 52.3 Å². The maximum absolute atomic E-state index is 12.6. The Hall–Kier alpha value is -2.34. The van der Waals surface area contributed by atoms with E-state index in [1.165, 1.54) is 6.20 Å². The Morgan fingerprint density at radius 2 is 1.84 bits per heavy atom. The Bertz CT molecular complexity index is 751. The fourth-order valence-corrected chi connectivity index (χ4v) is 2.93. The van der Waals surface area contributed by atoms with Gasteiger partial charge in [-0.05, 0) is 37.5 Å². The van der Waals surface area contributed by atoms with Crippen LogP contribution in [-0.2, 0) is 4.79 Å². The second-order valence-electron chi connectivity index (χ2n) is 5.85. The number of hydrogen-bond acceptors (Lipinski definition) is 3. The predicted molar refractivity (Wildman–Crippen MR) is 95.9 cm³/mol. The standard InChI is InChI=1S/C18H22ClN3O3/c1-4-14(5-2)22-11(3)15(10-20-22)17(23)21-16(18(24)25)12-6-8-13(19)9-7-12/h6-10,14,16H,4-5H2,1-3H3,(H,21,23)(H,24,25). The quantitative estimate of drug-likeness (QED) is 0.784. The number of nitrogens with one attached hydrogen (secondary N) is 1. The number of benzene rings is 1. The smallest absolute Gasteiger partial charge is 0.330 e. The number of carboxylic acids is 1. The molecule has 1 heterocycles. The lowest BCUT2D eigenvalue weighted by molar-refractivity contribution is -0.139. The summed E-state index contributed by atoms with van der Waals surface area (Å²) in [6, 6.07) is 5.42. The van der Waals surface area contributed by atoms with Gasteiger partial charge < -0.3 is 10.4 Å². The van der Waals surface area contributed by atoms with Crippen LogP contribution in [0.15, 0.2) is 30.5 Å². The van der Waals surface area contributed by atoms with Crippen LogP contribution in [0, 0.1) is 6.92 Å². The fourth-order valence-electron chi connectivity index (χ4n) is 2.80. The Morgan fingerprint density at radius 3 is 2.36 bits per heavy atom. The van der Waals surface area contributed by atoms with Crippen LogP contribution >= 0.6 is 11.6 Å². The highest BCUT2D eigenvalue weighted by Crippen LogP contribution is 2.21. The minimum atomic E-state index is -1.15. The molecular formula is C18H22ClN3O3. The molecule has 0 radical (unpaired) electrons. The van der Waals surface area contributed by atoms with Crippen LogP contribution in [0.5, 0.6) is 0 Å². The molecular weight excluding hydrogens is 342 g/mol. The summed E-state index contributed by atoms with van der Waals surface area (Å²) < 4.78 is 1.83. The zero-order valence-corrected chi connectivity index (χ0v) is 15.2. The van der Waals surface area contributed by atoms with Crippen LogP contribution < -0.4 is 5.32 Å². The normalized spacial score (nSPS) is 12.2. The third-order valence-electron chi connectivity index (χ3n) is 4.30. The Labute approximate surface area is 151 Å². The van der Waals surface area contributed by atoms with E-state index in [0.29, 0.717) is 16.1 Å². The minimum Gasteiger partial charge on any atom is -0.479 e. The SMILES string of the molecule is CCC(CC)n1ncc(C(=O)NC(C(=O)O)c2ccc(Cl)cc2)c1C. The van der Waals surface area contributed by atoms with Gasteiger partial charge in [0.05, 0.1) is 17.8 Å². The van der Waals surface area contributed by atoms with E-state index < -0.39 is 17.9 Å². The zero-order valence-electron chi connectivity index (χ0n) is 14.5. The van der Waals surface area contributed by atoms with Crippen molar-refractivity contribution in [2.45, 2.75) is 45.7 Å². The number of nitrogens with zero attached hydrogens (tertiary/aromatic N) is 2. The lowest BCUT2D eigenvalue weighted by atomic mass is 10.1. The van der Waals surface area contributed by atoms with Crippen molar-refractivity contribution < 1.29 is 14.7 Å². The van der Waals surface area contributed by atoms with Crippen molar-refractivity contribution in [3.63, 3.8) is 0 Å². The highest BCUT2D eigenvalue weighted by molar-refractivity contribution is 6.30. The van der Waals surface area contributed by atoms with Crippen molar-refractivity contribution in [2.75, 3.05) is 0 Å². The van der Waals surface area contributed by atoms with Gasteiger partial charge in [0.25, 0.3) is 5.91 Å². The molecule has 0 bridgehead atoms. The van der Waals surface area contributed by atoms with Crippen LogP contribution in [0.4, 0.5) is 0 Å². The summed E-state index contributed by atoms with van der Waals surface area (Å²) in [6.45, 7) is 5.95. The van der Waals surface area contributed by atoms with Crippen LogP contribution in [-0.4, -0.2) is 26.8 Å². The van der Waals surface area contributed by atoms with E-state index in [-0.39, 0.29) is 6.04 Å². The summed E-state index contributed by atoms with van der Waals surface area (Å²) in [5.74, 6) is -1.60. The van der Waals surface area contributed by atoms with Crippen molar-refractivity contribution in [1.29, 1.82) is 0 Å². The lowest BCUT2D eigenvalue weighted by Crippen LogP contribution is -2.34. The number of carboxylic acid groups (broad SMARTS) is 1. The van der Waals surface area contributed by atoms with Crippen molar-refractivity contribution in [1.82, 2.24) is 15.1 Å². The van der Waals surface area contributed by atoms with Crippen LogP contribution in [0.2, 0.25) is 5.02 Å². The fraction of sp³-hybridized carbons (Fsp3) is 0.389. The number of aliphatic carboxylic acids is 1. The third-order valence-corrected chi connectivity index (χ3v) is 4.56. The van der Waals surface area contributed by atoms with Gasteiger partial charge >= 0.3 is 5.97 Å². The van der Waals surface area contributed by atoms with Crippen LogP contribution in [0.25, 0.3) is 0 Å². The number of amides is 1.